The topological polar surface area (TPSA) is 179 Å². The second kappa shape index (κ2) is 12.6. The molecule has 11 nitrogen and oxygen atoms in total. The Morgan fingerprint density at radius 2 is 1.94 bits per heavy atom. The summed E-state index contributed by atoms with van der Waals surface area (Å²) in [6, 6.07) is 4.08. The van der Waals surface area contributed by atoms with Crippen LogP contribution in [0.15, 0.2) is 24.4 Å². The van der Waals surface area contributed by atoms with Crippen molar-refractivity contribution in [1.82, 2.24) is 20.6 Å². The molecule has 1 atom stereocenters. The molecule has 13 heteroatoms. The second-order valence-corrected chi connectivity index (χ2v) is 10.1. The van der Waals surface area contributed by atoms with Gasteiger partial charge in [-0.2, -0.15) is 11.8 Å². The summed E-state index contributed by atoms with van der Waals surface area (Å²) in [4.78, 5) is 54.1. The number of anilines is 1. The summed E-state index contributed by atoms with van der Waals surface area (Å²) in [7, 11) is 0. The van der Waals surface area contributed by atoms with Gasteiger partial charge in [-0.25, -0.2) is 4.98 Å². The third-order valence-electron chi connectivity index (χ3n) is 4.58. The van der Waals surface area contributed by atoms with Crippen LogP contribution in [0.4, 0.5) is 5.95 Å². The number of aromatic nitrogens is 2. The van der Waals surface area contributed by atoms with Crippen molar-refractivity contribution in [3.63, 3.8) is 0 Å². The number of halogens is 1. The van der Waals surface area contributed by atoms with Gasteiger partial charge in [0, 0.05) is 29.2 Å². The normalized spacial score (nSPS) is 12.0. The molecule has 7 N–H and O–H groups in total. The number of aliphatic carboxylic acids is 1. The van der Waals surface area contributed by atoms with E-state index in [2.05, 4.69) is 25.9 Å². The lowest BCUT2D eigenvalue weighted by Gasteiger charge is -2.18. The van der Waals surface area contributed by atoms with E-state index in [-0.39, 0.29) is 34.7 Å². The molecule has 1 aromatic heterocycles. The predicted molar refractivity (Wildman–Crippen MR) is 134 cm³/mol. The molecular weight excluding hydrogens is 496 g/mol. The highest BCUT2D eigenvalue weighted by Gasteiger charge is 2.21. The largest absolute Gasteiger partial charge is 0.480 e. The number of carboxylic acid groups (broad SMARTS) is 1. The van der Waals surface area contributed by atoms with Crippen molar-refractivity contribution in [2.45, 2.75) is 39.1 Å². The Kier molecular flexibility index (Phi) is 10.1. The summed E-state index contributed by atoms with van der Waals surface area (Å²) in [5, 5.41) is 16.5. The zero-order valence-corrected chi connectivity index (χ0v) is 21.2. The third-order valence-corrected chi connectivity index (χ3v) is 6.02. The molecule has 0 fully saturated rings. The summed E-state index contributed by atoms with van der Waals surface area (Å²) in [5.74, 6) is -1.35. The van der Waals surface area contributed by atoms with Crippen LogP contribution in [-0.4, -0.2) is 57.1 Å². The highest BCUT2D eigenvalue weighted by atomic mass is 35.5. The highest BCUT2D eigenvalue weighted by molar-refractivity contribution is 7.98. The zero-order chi connectivity index (χ0) is 26.2. The first-order chi connectivity index (χ1) is 16.4. The van der Waals surface area contributed by atoms with Gasteiger partial charge in [0.15, 0.2) is 0 Å². The molecule has 0 radical (unpaired) electrons. The van der Waals surface area contributed by atoms with Gasteiger partial charge in [0.05, 0.1) is 22.8 Å². The fourth-order valence-corrected chi connectivity index (χ4v) is 3.73. The lowest BCUT2D eigenvalue weighted by Crippen LogP contribution is -2.44. The highest BCUT2D eigenvalue weighted by Crippen LogP contribution is 2.20. The molecule has 1 aromatic carbocycles. The van der Waals surface area contributed by atoms with E-state index in [1.165, 1.54) is 11.8 Å². The number of benzene rings is 1. The number of thioether (sulfide) groups is 1. The van der Waals surface area contributed by atoms with Gasteiger partial charge >= 0.3 is 5.97 Å². The van der Waals surface area contributed by atoms with Crippen LogP contribution in [0.5, 0.6) is 0 Å². The van der Waals surface area contributed by atoms with E-state index in [9.17, 15) is 19.2 Å². The first-order valence-electron chi connectivity index (χ1n) is 10.6. The standard InChI is InChI=1S/C22H29ClN6O5S/c1-22(2,3)20(34)26-7-12-4-5-15(23)14(6-12)18(32)29-21-27-8-13(28-21)10-35-11-16(24)19(33)25-9-17(30)31/h4-6,8,16H,7,9-11,24H2,1-3H3,(H,25,33)(H,26,34)(H,30,31)(H2,27,28,29,32)/t16-/m0/s1. The number of carboxylic acids is 1. The van der Waals surface area contributed by atoms with E-state index in [4.69, 9.17) is 22.4 Å². The smallest absolute Gasteiger partial charge is 0.322 e. The molecule has 0 spiro atoms. The molecule has 0 aliphatic rings. The van der Waals surface area contributed by atoms with Gasteiger partial charge in [-0.05, 0) is 17.7 Å². The number of carbonyl (C=O) groups is 4. The van der Waals surface area contributed by atoms with Crippen LogP contribution < -0.4 is 21.7 Å². The number of amides is 3. The quantitative estimate of drug-likeness (QED) is 0.257. The van der Waals surface area contributed by atoms with Crippen molar-refractivity contribution < 1.29 is 24.3 Å². The van der Waals surface area contributed by atoms with Gasteiger partial charge in [0.25, 0.3) is 5.91 Å². The number of nitrogens with zero attached hydrogens (tertiary/aromatic N) is 1. The van der Waals surface area contributed by atoms with Crippen LogP contribution >= 0.6 is 23.4 Å². The summed E-state index contributed by atoms with van der Waals surface area (Å²) in [6.07, 6.45) is 1.54. The molecule has 0 bridgehead atoms. The van der Waals surface area contributed by atoms with E-state index >= 15 is 0 Å². The van der Waals surface area contributed by atoms with E-state index in [0.717, 1.165) is 5.56 Å². The van der Waals surface area contributed by atoms with Crippen LogP contribution in [0.25, 0.3) is 0 Å². The van der Waals surface area contributed by atoms with Crippen molar-refractivity contribution in [1.29, 1.82) is 0 Å². The SMILES string of the molecule is CC(C)(C)C(=O)NCc1ccc(Cl)c(C(=O)Nc2ncc(CSC[C@H](N)C(=O)NCC(=O)O)[nH]2)c1. The van der Waals surface area contributed by atoms with Gasteiger partial charge in [-0.3, -0.25) is 24.5 Å². The van der Waals surface area contributed by atoms with Crippen molar-refractivity contribution >= 4 is 53.0 Å². The number of imidazole rings is 1. The van der Waals surface area contributed by atoms with E-state index < -0.39 is 35.8 Å². The number of rotatable bonds is 11. The predicted octanol–water partition coefficient (Wildman–Crippen LogP) is 1.74. The summed E-state index contributed by atoms with van der Waals surface area (Å²) in [5.41, 5.74) is 6.86. The molecule has 190 valence electrons. The van der Waals surface area contributed by atoms with Gasteiger partial charge in [0.2, 0.25) is 17.8 Å². The average molecular weight is 525 g/mol. The Morgan fingerprint density at radius 1 is 1.23 bits per heavy atom. The Hall–Kier alpha value is -3.09. The van der Waals surface area contributed by atoms with Crippen LogP contribution in [-0.2, 0) is 26.7 Å². The molecule has 1 heterocycles. The Morgan fingerprint density at radius 3 is 2.60 bits per heavy atom. The van der Waals surface area contributed by atoms with Crippen LogP contribution in [0.2, 0.25) is 5.02 Å². The van der Waals surface area contributed by atoms with Crippen LogP contribution in [0.1, 0.15) is 42.4 Å². The minimum absolute atomic E-state index is 0.110. The molecule has 0 aliphatic carbocycles. The maximum absolute atomic E-state index is 12.7. The molecular formula is C22H29ClN6O5S. The first kappa shape index (κ1) is 28.1. The molecule has 0 saturated carbocycles. The molecule has 3 amide bonds. The molecule has 35 heavy (non-hydrogen) atoms. The second-order valence-electron chi connectivity index (χ2n) is 8.69. The lowest BCUT2D eigenvalue weighted by molar-refractivity contribution is -0.138. The fourth-order valence-electron chi connectivity index (χ4n) is 2.64. The number of hydrogen-bond donors (Lipinski definition) is 6. The maximum Gasteiger partial charge on any atom is 0.322 e. The zero-order valence-electron chi connectivity index (χ0n) is 19.6. The maximum atomic E-state index is 12.7. The van der Waals surface area contributed by atoms with Crippen molar-refractivity contribution in [2.24, 2.45) is 11.1 Å². The van der Waals surface area contributed by atoms with Crippen molar-refractivity contribution in [3.05, 3.63) is 46.2 Å². The van der Waals surface area contributed by atoms with Crippen molar-refractivity contribution in [3.8, 4) is 0 Å². The van der Waals surface area contributed by atoms with Crippen LogP contribution in [0, 0.1) is 5.41 Å². The van der Waals surface area contributed by atoms with Gasteiger partial charge in [0.1, 0.15) is 6.54 Å². The number of nitrogens with one attached hydrogen (secondary N) is 4. The molecule has 0 saturated heterocycles. The molecule has 2 aromatic rings. The number of aromatic amines is 1. The first-order valence-corrected chi connectivity index (χ1v) is 12.1. The number of H-pyrrole nitrogens is 1. The number of hydrogen-bond acceptors (Lipinski definition) is 7. The Balaban J connectivity index is 1.89. The monoisotopic (exact) mass is 524 g/mol. The molecule has 0 unspecified atom stereocenters. The minimum Gasteiger partial charge on any atom is -0.480 e. The molecule has 2 rings (SSSR count). The summed E-state index contributed by atoms with van der Waals surface area (Å²) >= 11 is 7.55. The lowest BCUT2D eigenvalue weighted by atomic mass is 9.95. The Labute approximate surface area is 212 Å². The molecule has 0 aliphatic heterocycles. The fraction of sp³-hybridized carbons (Fsp3) is 0.409. The third kappa shape index (κ3) is 9.23. The van der Waals surface area contributed by atoms with Gasteiger partial charge < -0.3 is 26.5 Å². The summed E-state index contributed by atoms with van der Waals surface area (Å²) < 4.78 is 0. The minimum atomic E-state index is -1.15. The van der Waals surface area contributed by atoms with Gasteiger partial charge in [-0.15, -0.1) is 0 Å². The van der Waals surface area contributed by atoms with Crippen molar-refractivity contribution in [2.75, 3.05) is 17.6 Å². The Bertz CT molecular complexity index is 1080. The van der Waals surface area contributed by atoms with Crippen LogP contribution in [0.3, 0.4) is 0 Å². The van der Waals surface area contributed by atoms with E-state index in [1.807, 2.05) is 20.8 Å². The number of nitrogens with two attached hydrogens (primary N) is 1. The summed E-state index contributed by atoms with van der Waals surface area (Å²) in [6.45, 7) is 5.21. The van der Waals surface area contributed by atoms with E-state index in [1.54, 1.807) is 24.4 Å². The number of carbonyl (C=O) groups excluding carboxylic acids is 3. The van der Waals surface area contributed by atoms with E-state index in [0.29, 0.717) is 11.4 Å². The average Bonchev–Trinajstić information content (AvgIpc) is 3.22. The van der Waals surface area contributed by atoms with Gasteiger partial charge in [-0.1, -0.05) is 38.4 Å².